The molecule has 0 aromatic heterocycles. The number of likely N-dealkylation sites (tertiary alicyclic amines) is 1. The van der Waals surface area contributed by atoms with Crippen LogP contribution in [0.3, 0.4) is 0 Å². The predicted octanol–water partition coefficient (Wildman–Crippen LogP) is 2.61. The molecule has 0 radical (unpaired) electrons. The number of piperidine rings is 1. The van der Waals surface area contributed by atoms with Crippen LogP contribution in [0.15, 0.2) is 24.3 Å². The van der Waals surface area contributed by atoms with Crippen molar-refractivity contribution in [1.29, 1.82) is 0 Å². The van der Waals surface area contributed by atoms with Gasteiger partial charge in [-0.2, -0.15) is 0 Å². The van der Waals surface area contributed by atoms with Gasteiger partial charge in [0.05, 0.1) is 5.60 Å². The Labute approximate surface area is 140 Å². The van der Waals surface area contributed by atoms with E-state index in [0.29, 0.717) is 0 Å². The SMILES string of the molecule is Cc1ccccc1[C@@H](C(=O)N1CCC(C(C)(C)O)CC1)N(C)C. The number of aryl methyl sites for hydroxylation is 1. The van der Waals surface area contributed by atoms with Gasteiger partial charge in [-0.1, -0.05) is 24.3 Å². The zero-order valence-corrected chi connectivity index (χ0v) is 15.0. The molecule has 1 heterocycles. The third-order valence-electron chi connectivity index (χ3n) is 5.04. The van der Waals surface area contributed by atoms with Gasteiger partial charge in [-0.15, -0.1) is 0 Å². The molecule has 1 aliphatic heterocycles. The number of carbonyl (C=O) groups is 1. The number of rotatable bonds is 4. The molecule has 0 unspecified atom stereocenters. The first-order valence-corrected chi connectivity index (χ1v) is 8.45. The number of hydrogen-bond acceptors (Lipinski definition) is 3. The predicted molar refractivity (Wildman–Crippen MR) is 93.2 cm³/mol. The number of benzene rings is 1. The molecule has 2 rings (SSSR count). The van der Waals surface area contributed by atoms with E-state index in [2.05, 4.69) is 13.0 Å². The van der Waals surface area contributed by atoms with Crippen molar-refractivity contribution in [2.75, 3.05) is 27.2 Å². The highest BCUT2D eigenvalue weighted by atomic mass is 16.3. The number of amides is 1. The summed E-state index contributed by atoms with van der Waals surface area (Å²) in [5, 5.41) is 10.2. The molecular formula is C19H30N2O2. The van der Waals surface area contributed by atoms with Crippen LogP contribution in [0.5, 0.6) is 0 Å². The summed E-state index contributed by atoms with van der Waals surface area (Å²) in [5.74, 6) is 0.432. The quantitative estimate of drug-likeness (QED) is 0.928. The normalized spacial score (nSPS) is 18.3. The smallest absolute Gasteiger partial charge is 0.244 e. The summed E-state index contributed by atoms with van der Waals surface area (Å²) in [7, 11) is 3.91. The molecule has 4 nitrogen and oxygen atoms in total. The monoisotopic (exact) mass is 318 g/mol. The third-order valence-corrected chi connectivity index (χ3v) is 5.04. The second kappa shape index (κ2) is 7.02. The van der Waals surface area contributed by atoms with Crippen molar-refractivity contribution in [3.05, 3.63) is 35.4 Å². The minimum Gasteiger partial charge on any atom is -0.390 e. The van der Waals surface area contributed by atoms with Crippen LogP contribution in [0.25, 0.3) is 0 Å². The van der Waals surface area contributed by atoms with Crippen LogP contribution >= 0.6 is 0 Å². The number of aliphatic hydroxyl groups is 1. The van der Waals surface area contributed by atoms with E-state index in [1.54, 1.807) is 0 Å². The van der Waals surface area contributed by atoms with Gasteiger partial charge in [0.15, 0.2) is 0 Å². The fraction of sp³-hybridized carbons (Fsp3) is 0.632. The summed E-state index contributed by atoms with van der Waals surface area (Å²) in [6.07, 6.45) is 1.73. The Hall–Kier alpha value is -1.39. The minimum atomic E-state index is -0.661. The standard InChI is InChI=1S/C19H30N2O2/c1-14-8-6-7-9-16(14)17(20(4)5)18(22)21-12-10-15(11-13-21)19(2,3)23/h6-9,15,17,23H,10-13H2,1-5H3/t17-/m0/s1. The summed E-state index contributed by atoms with van der Waals surface area (Å²) in [5.41, 5.74) is 1.56. The molecule has 0 aliphatic carbocycles. The van der Waals surface area contributed by atoms with Gasteiger partial charge in [-0.05, 0) is 64.8 Å². The molecular weight excluding hydrogens is 288 g/mol. The second-order valence-corrected chi connectivity index (χ2v) is 7.48. The molecule has 1 N–H and O–H groups in total. The Kier molecular flexibility index (Phi) is 5.48. The van der Waals surface area contributed by atoms with Crippen LogP contribution in [-0.2, 0) is 4.79 Å². The first-order chi connectivity index (χ1) is 10.7. The van der Waals surface area contributed by atoms with E-state index < -0.39 is 5.60 Å². The number of carbonyl (C=O) groups excluding carboxylic acids is 1. The Morgan fingerprint density at radius 2 is 1.83 bits per heavy atom. The molecule has 1 atom stereocenters. The van der Waals surface area contributed by atoms with Gasteiger partial charge < -0.3 is 10.0 Å². The lowest BCUT2D eigenvalue weighted by molar-refractivity contribution is -0.139. The van der Waals surface area contributed by atoms with Crippen LogP contribution < -0.4 is 0 Å². The molecule has 0 spiro atoms. The lowest BCUT2D eigenvalue weighted by atomic mass is 9.83. The van der Waals surface area contributed by atoms with Gasteiger partial charge >= 0.3 is 0 Å². The van der Waals surface area contributed by atoms with Crippen molar-refractivity contribution in [2.24, 2.45) is 5.92 Å². The van der Waals surface area contributed by atoms with E-state index in [-0.39, 0.29) is 17.9 Å². The van der Waals surface area contributed by atoms with Crippen molar-refractivity contribution >= 4 is 5.91 Å². The minimum absolute atomic E-state index is 0.165. The number of hydrogen-bond donors (Lipinski definition) is 1. The molecule has 1 amide bonds. The number of likely N-dealkylation sites (N-methyl/N-ethyl adjacent to an activating group) is 1. The van der Waals surface area contributed by atoms with Gasteiger partial charge in [-0.25, -0.2) is 0 Å². The fourth-order valence-corrected chi connectivity index (χ4v) is 3.50. The van der Waals surface area contributed by atoms with Gasteiger partial charge in [0.25, 0.3) is 0 Å². The molecule has 4 heteroatoms. The summed E-state index contributed by atoms with van der Waals surface area (Å²) in [6, 6.07) is 7.85. The largest absolute Gasteiger partial charge is 0.390 e. The van der Waals surface area contributed by atoms with Crippen LogP contribution in [0.1, 0.15) is 43.9 Å². The fourth-order valence-electron chi connectivity index (χ4n) is 3.50. The Morgan fingerprint density at radius 1 is 1.26 bits per heavy atom. The van der Waals surface area contributed by atoms with Crippen molar-refractivity contribution in [1.82, 2.24) is 9.80 Å². The molecule has 1 aliphatic rings. The van der Waals surface area contributed by atoms with Gasteiger partial charge in [-0.3, -0.25) is 9.69 Å². The zero-order chi connectivity index (χ0) is 17.2. The van der Waals surface area contributed by atoms with E-state index in [1.807, 2.05) is 55.9 Å². The van der Waals surface area contributed by atoms with Crippen molar-refractivity contribution < 1.29 is 9.90 Å². The van der Waals surface area contributed by atoms with Crippen LogP contribution in [0.2, 0.25) is 0 Å². The first-order valence-electron chi connectivity index (χ1n) is 8.45. The topological polar surface area (TPSA) is 43.8 Å². The molecule has 1 saturated heterocycles. The van der Waals surface area contributed by atoms with E-state index in [9.17, 15) is 9.90 Å². The Balaban J connectivity index is 2.13. The summed E-state index contributed by atoms with van der Waals surface area (Å²) >= 11 is 0. The lowest BCUT2D eigenvalue weighted by Crippen LogP contribution is -2.47. The molecule has 128 valence electrons. The van der Waals surface area contributed by atoms with Crippen molar-refractivity contribution in [3.8, 4) is 0 Å². The molecule has 0 saturated carbocycles. The average molecular weight is 318 g/mol. The highest BCUT2D eigenvalue weighted by Crippen LogP contribution is 2.30. The third kappa shape index (κ3) is 4.12. The maximum absolute atomic E-state index is 13.1. The van der Waals surface area contributed by atoms with E-state index in [1.165, 1.54) is 0 Å². The second-order valence-electron chi connectivity index (χ2n) is 7.48. The average Bonchev–Trinajstić information content (AvgIpc) is 2.48. The van der Waals surface area contributed by atoms with Crippen molar-refractivity contribution in [3.63, 3.8) is 0 Å². The van der Waals surface area contributed by atoms with Crippen LogP contribution in [-0.4, -0.2) is 53.6 Å². The molecule has 0 bridgehead atoms. The van der Waals surface area contributed by atoms with E-state index >= 15 is 0 Å². The van der Waals surface area contributed by atoms with Crippen LogP contribution in [0.4, 0.5) is 0 Å². The lowest BCUT2D eigenvalue weighted by Gasteiger charge is -2.40. The Bertz CT molecular complexity index is 541. The maximum atomic E-state index is 13.1. The van der Waals surface area contributed by atoms with E-state index in [4.69, 9.17) is 0 Å². The Morgan fingerprint density at radius 3 is 2.30 bits per heavy atom. The highest BCUT2D eigenvalue weighted by molar-refractivity contribution is 5.83. The molecule has 1 aromatic carbocycles. The molecule has 1 fully saturated rings. The van der Waals surface area contributed by atoms with E-state index in [0.717, 1.165) is 37.1 Å². The first kappa shape index (κ1) is 18.0. The summed E-state index contributed by atoms with van der Waals surface area (Å²) in [4.78, 5) is 17.0. The summed E-state index contributed by atoms with van der Waals surface area (Å²) in [6.45, 7) is 7.24. The summed E-state index contributed by atoms with van der Waals surface area (Å²) < 4.78 is 0. The molecule has 23 heavy (non-hydrogen) atoms. The van der Waals surface area contributed by atoms with Crippen molar-refractivity contribution in [2.45, 2.75) is 45.3 Å². The van der Waals surface area contributed by atoms with Gasteiger partial charge in [0, 0.05) is 13.1 Å². The van der Waals surface area contributed by atoms with Gasteiger partial charge in [0.2, 0.25) is 5.91 Å². The number of nitrogens with zero attached hydrogens (tertiary/aromatic N) is 2. The highest BCUT2D eigenvalue weighted by Gasteiger charge is 2.35. The molecule has 1 aromatic rings. The van der Waals surface area contributed by atoms with Gasteiger partial charge in [0.1, 0.15) is 6.04 Å². The maximum Gasteiger partial charge on any atom is 0.244 e. The zero-order valence-electron chi connectivity index (χ0n) is 15.0. The van der Waals surface area contributed by atoms with Crippen LogP contribution in [0, 0.1) is 12.8 Å².